The van der Waals surface area contributed by atoms with E-state index in [1.54, 1.807) is 12.2 Å². The van der Waals surface area contributed by atoms with Gasteiger partial charge in [0, 0.05) is 6.04 Å². The summed E-state index contributed by atoms with van der Waals surface area (Å²) < 4.78 is 0. The number of aliphatic carboxylic acids is 1. The van der Waals surface area contributed by atoms with Crippen molar-refractivity contribution in [2.45, 2.75) is 18.9 Å². The number of hydrogen-bond acceptors (Lipinski definition) is 2. The molecule has 2 atom stereocenters. The molecule has 0 aliphatic carbocycles. The molecule has 0 aromatic heterocycles. The Balaban J connectivity index is 1.96. The van der Waals surface area contributed by atoms with Crippen LogP contribution in [0.4, 0.5) is 0 Å². The molecular formula is C19H21NO2. The van der Waals surface area contributed by atoms with Crippen molar-refractivity contribution in [3.05, 3.63) is 83.9 Å². The summed E-state index contributed by atoms with van der Waals surface area (Å²) in [6.07, 6.45) is 4.69. The molecule has 0 spiro atoms. The Kier molecular flexibility index (Phi) is 5.92. The van der Waals surface area contributed by atoms with E-state index in [2.05, 4.69) is 0 Å². The van der Waals surface area contributed by atoms with Crippen LogP contribution in [0.1, 0.15) is 11.1 Å². The summed E-state index contributed by atoms with van der Waals surface area (Å²) in [6.45, 7) is 0. The first-order valence-corrected chi connectivity index (χ1v) is 7.39. The van der Waals surface area contributed by atoms with E-state index >= 15 is 0 Å². The van der Waals surface area contributed by atoms with Gasteiger partial charge in [0.05, 0.1) is 5.92 Å². The van der Waals surface area contributed by atoms with Gasteiger partial charge >= 0.3 is 5.97 Å². The molecule has 3 nitrogen and oxygen atoms in total. The highest BCUT2D eigenvalue weighted by atomic mass is 16.4. The Labute approximate surface area is 131 Å². The number of benzene rings is 2. The van der Waals surface area contributed by atoms with Gasteiger partial charge in [0.25, 0.3) is 0 Å². The van der Waals surface area contributed by atoms with Crippen molar-refractivity contribution >= 4 is 5.97 Å². The summed E-state index contributed by atoms with van der Waals surface area (Å²) >= 11 is 0. The second-order valence-electron chi connectivity index (χ2n) is 5.37. The Bertz CT molecular complexity index is 608. The predicted molar refractivity (Wildman–Crippen MR) is 88.5 cm³/mol. The van der Waals surface area contributed by atoms with Gasteiger partial charge in [-0.2, -0.15) is 0 Å². The van der Waals surface area contributed by atoms with E-state index in [9.17, 15) is 9.90 Å². The van der Waals surface area contributed by atoms with Gasteiger partial charge in [0.2, 0.25) is 0 Å². The maximum Gasteiger partial charge on any atom is 0.310 e. The average molecular weight is 295 g/mol. The van der Waals surface area contributed by atoms with Crippen LogP contribution in [0.5, 0.6) is 0 Å². The molecule has 114 valence electrons. The van der Waals surface area contributed by atoms with Gasteiger partial charge in [-0.15, -0.1) is 0 Å². The number of carbonyl (C=O) groups is 1. The average Bonchev–Trinajstić information content (AvgIpc) is 2.53. The fourth-order valence-electron chi connectivity index (χ4n) is 2.34. The lowest BCUT2D eigenvalue weighted by Crippen LogP contribution is -2.21. The molecule has 0 aliphatic rings. The van der Waals surface area contributed by atoms with E-state index in [0.717, 1.165) is 11.1 Å². The van der Waals surface area contributed by atoms with Gasteiger partial charge in [-0.3, -0.25) is 4.79 Å². The van der Waals surface area contributed by atoms with Crippen molar-refractivity contribution in [1.82, 2.24) is 0 Å². The molecule has 0 heterocycles. The summed E-state index contributed by atoms with van der Waals surface area (Å²) in [5.41, 5.74) is 8.23. The lowest BCUT2D eigenvalue weighted by Gasteiger charge is -2.10. The molecule has 0 saturated carbocycles. The van der Waals surface area contributed by atoms with Crippen LogP contribution >= 0.6 is 0 Å². The summed E-state index contributed by atoms with van der Waals surface area (Å²) in [7, 11) is 0. The van der Waals surface area contributed by atoms with Gasteiger partial charge in [-0.25, -0.2) is 0 Å². The highest BCUT2D eigenvalue weighted by molar-refractivity contribution is 5.72. The lowest BCUT2D eigenvalue weighted by molar-refractivity contribution is -0.140. The predicted octanol–water partition coefficient (Wildman–Crippen LogP) is 3.06. The molecule has 0 fully saturated rings. The highest BCUT2D eigenvalue weighted by Crippen LogP contribution is 2.11. The van der Waals surface area contributed by atoms with E-state index in [-0.39, 0.29) is 6.04 Å². The lowest BCUT2D eigenvalue weighted by atomic mass is 9.97. The van der Waals surface area contributed by atoms with Gasteiger partial charge in [-0.1, -0.05) is 72.8 Å². The summed E-state index contributed by atoms with van der Waals surface area (Å²) in [4.78, 5) is 11.4. The molecule has 2 rings (SSSR count). The van der Waals surface area contributed by atoms with Crippen molar-refractivity contribution in [2.24, 2.45) is 11.7 Å². The van der Waals surface area contributed by atoms with E-state index in [4.69, 9.17) is 5.73 Å². The molecule has 0 amide bonds. The first-order chi connectivity index (χ1) is 10.6. The summed E-state index contributed by atoms with van der Waals surface area (Å²) in [6, 6.07) is 19.4. The Hall–Kier alpha value is -2.39. The number of nitrogens with two attached hydrogens (primary N) is 1. The second-order valence-corrected chi connectivity index (χ2v) is 5.37. The standard InChI is InChI=1S/C19H21NO2/c20-18(14-16-9-5-2-6-10-16)12-11-17(19(21)22)13-15-7-3-1-4-8-15/h1-12,17-18H,13-14,20H2,(H,21,22)/b12-11-/t17-,18+/m0/s1. The molecule has 0 unspecified atom stereocenters. The van der Waals surface area contributed by atoms with Crippen LogP contribution < -0.4 is 5.73 Å². The molecule has 0 bridgehead atoms. The van der Waals surface area contributed by atoms with E-state index in [0.29, 0.717) is 12.8 Å². The van der Waals surface area contributed by atoms with Crippen LogP contribution in [0.2, 0.25) is 0 Å². The molecule has 2 aromatic rings. The van der Waals surface area contributed by atoms with Crippen LogP contribution in [0.15, 0.2) is 72.8 Å². The third kappa shape index (κ3) is 5.19. The monoisotopic (exact) mass is 295 g/mol. The maximum atomic E-state index is 11.4. The van der Waals surface area contributed by atoms with Crippen LogP contribution in [0.25, 0.3) is 0 Å². The zero-order valence-electron chi connectivity index (χ0n) is 12.4. The van der Waals surface area contributed by atoms with Crippen LogP contribution in [0.3, 0.4) is 0 Å². The van der Waals surface area contributed by atoms with E-state index < -0.39 is 11.9 Å². The van der Waals surface area contributed by atoms with Crippen LogP contribution in [-0.4, -0.2) is 17.1 Å². The third-order valence-electron chi connectivity index (χ3n) is 3.52. The number of hydrogen-bond donors (Lipinski definition) is 2. The molecule has 0 radical (unpaired) electrons. The summed E-state index contributed by atoms with van der Waals surface area (Å²) in [5.74, 6) is -1.38. The van der Waals surface area contributed by atoms with Gasteiger partial charge in [0.1, 0.15) is 0 Å². The Morgan fingerprint density at radius 3 is 1.91 bits per heavy atom. The largest absolute Gasteiger partial charge is 0.481 e. The van der Waals surface area contributed by atoms with Crippen molar-refractivity contribution in [3.63, 3.8) is 0 Å². The van der Waals surface area contributed by atoms with Crippen LogP contribution in [-0.2, 0) is 17.6 Å². The Morgan fingerprint density at radius 2 is 1.41 bits per heavy atom. The Morgan fingerprint density at radius 1 is 0.909 bits per heavy atom. The number of carboxylic acid groups (broad SMARTS) is 1. The zero-order chi connectivity index (χ0) is 15.8. The number of rotatable bonds is 7. The van der Waals surface area contributed by atoms with Gasteiger partial charge < -0.3 is 10.8 Å². The fraction of sp³-hybridized carbons (Fsp3) is 0.211. The molecule has 0 saturated heterocycles. The second kappa shape index (κ2) is 8.15. The summed E-state index contributed by atoms with van der Waals surface area (Å²) in [5, 5.41) is 9.35. The van der Waals surface area contributed by atoms with E-state index in [1.807, 2.05) is 60.7 Å². The molecule has 22 heavy (non-hydrogen) atoms. The normalized spacial score (nSPS) is 13.9. The van der Waals surface area contributed by atoms with Crippen LogP contribution in [0, 0.1) is 5.92 Å². The van der Waals surface area contributed by atoms with Crippen molar-refractivity contribution in [2.75, 3.05) is 0 Å². The topological polar surface area (TPSA) is 63.3 Å². The van der Waals surface area contributed by atoms with Crippen molar-refractivity contribution in [3.8, 4) is 0 Å². The van der Waals surface area contributed by atoms with Gasteiger partial charge in [0.15, 0.2) is 0 Å². The van der Waals surface area contributed by atoms with Crippen molar-refractivity contribution < 1.29 is 9.90 Å². The quantitative estimate of drug-likeness (QED) is 0.772. The minimum absolute atomic E-state index is 0.181. The minimum atomic E-state index is -0.827. The number of carboxylic acids is 1. The highest BCUT2D eigenvalue weighted by Gasteiger charge is 2.14. The molecule has 2 aromatic carbocycles. The first-order valence-electron chi connectivity index (χ1n) is 7.39. The van der Waals surface area contributed by atoms with Gasteiger partial charge in [-0.05, 0) is 24.0 Å². The minimum Gasteiger partial charge on any atom is -0.481 e. The first kappa shape index (κ1) is 16.0. The molecule has 3 heteroatoms. The maximum absolute atomic E-state index is 11.4. The zero-order valence-corrected chi connectivity index (χ0v) is 12.4. The fourth-order valence-corrected chi connectivity index (χ4v) is 2.34. The van der Waals surface area contributed by atoms with E-state index in [1.165, 1.54) is 0 Å². The van der Waals surface area contributed by atoms with Crippen molar-refractivity contribution in [1.29, 1.82) is 0 Å². The smallest absolute Gasteiger partial charge is 0.310 e. The SMILES string of the molecule is N[C@H](/C=C\[C@@H](Cc1ccccc1)C(=O)O)Cc1ccccc1. The third-order valence-corrected chi connectivity index (χ3v) is 3.52. The molecule has 0 aliphatic heterocycles. The molecule has 3 N–H and O–H groups in total. The molecular weight excluding hydrogens is 274 g/mol.